The number of nitrogens with two attached hydrogens (primary N) is 1. The summed E-state index contributed by atoms with van der Waals surface area (Å²) in [5, 5.41) is 0. The molecule has 0 fully saturated rings. The molecular formula is C16H18FN. The number of halogens is 1. The molecule has 2 heteroatoms. The van der Waals surface area contributed by atoms with Gasteiger partial charge in [0.25, 0.3) is 0 Å². The first-order valence-corrected chi connectivity index (χ1v) is 6.20. The van der Waals surface area contributed by atoms with Gasteiger partial charge in [0, 0.05) is 5.92 Å². The average Bonchev–Trinajstić information content (AvgIpc) is 2.37. The monoisotopic (exact) mass is 243 g/mol. The fourth-order valence-electron chi connectivity index (χ4n) is 2.31. The number of hydrogen-bond acceptors (Lipinski definition) is 1. The first-order valence-electron chi connectivity index (χ1n) is 6.20. The van der Waals surface area contributed by atoms with Crippen LogP contribution >= 0.6 is 0 Å². The molecule has 2 aromatic carbocycles. The minimum Gasteiger partial charge on any atom is -0.330 e. The van der Waals surface area contributed by atoms with Crippen molar-refractivity contribution in [3.63, 3.8) is 0 Å². The van der Waals surface area contributed by atoms with Crippen LogP contribution in [0.1, 0.15) is 22.6 Å². The normalized spacial score (nSPS) is 12.4. The van der Waals surface area contributed by atoms with Gasteiger partial charge in [0.2, 0.25) is 0 Å². The van der Waals surface area contributed by atoms with Crippen LogP contribution in [0.2, 0.25) is 0 Å². The number of rotatable bonds is 4. The molecule has 0 aliphatic rings. The van der Waals surface area contributed by atoms with E-state index < -0.39 is 0 Å². The second kappa shape index (κ2) is 5.78. The van der Waals surface area contributed by atoms with Crippen LogP contribution in [0.4, 0.5) is 4.39 Å². The van der Waals surface area contributed by atoms with Crippen molar-refractivity contribution in [2.45, 2.75) is 19.3 Å². The lowest BCUT2D eigenvalue weighted by molar-refractivity contribution is 0.620. The summed E-state index contributed by atoms with van der Waals surface area (Å²) in [6.07, 6.45) is 0.777. The lowest BCUT2D eigenvalue weighted by Gasteiger charge is -2.17. The molecule has 94 valence electrons. The zero-order valence-corrected chi connectivity index (χ0v) is 10.6. The van der Waals surface area contributed by atoms with Gasteiger partial charge in [-0.05, 0) is 48.7 Å². The van der Waals surface area contributed by atoms with Crippen LogP contribution < -0.4 is 5.73 Å². The Morgan fingerprint density at radius 3 is 2.56 bits per heavy atom. The van der Waals surface area contributed by atoms with Crippen molar-refractivity contribution in [2.75, 3.05) is 6.54 Å². The zero-order chi connectivity index (χ0) is 13.0. The summed E-state index contributed by atoms with van der Waals surface area (Å²) in [6.45, 7) is 2.66. The van der Waals surface area contributed by atoms with Gasteiger partial charge in [0.1, 0.15) is 5.82 Å². The maximum atomic E-state index is 13.2. The van der Waals surface area contributed by atoms with Crippen molar-refractivity contribution >= 4 is 0 Å². The van der Waals surface area contributed by atoms with Crippen molar-refractivity contribution in [3.05, 3.63) is 71.0 Å². The Bertz CT molecular complexity index is 522. The number of aryl methyl sites for hydroxylation is 1. The molecule has 0 saturated carbocycles. The van der Waals surface area contributed by atoms with E-state index in [0.717, 1.165) is 12.0 Å². The SMILES string of the molecule is Cc1ccccc1C(CN)Cc1cccc(F)c1. The Morgan fingerprint density at radius 1 is 1.11 bits per heavy atom. The van der Waals surface area contributed by atoms with E-state index in [4.69, 9.17) is 5.73 Å². The van der Waals surface area contributed by atoms with Crippen LogP contribution in [-0.4, -0.2) is 6.54 Å². The molecule has 1 atom stereocenters. The minimum atomic E-state index is -0.187. The standard InChI is InChI=1S/C16H18FN/c1-12-5-2-3-8-16(12)14(11-18)9-13-6-4-7-15(17)10-13/h2-8,10,14H,9,11,18H2,1H3. The van der Waals surface area contributed by atoms with Crippen LogP contribution in [0.3, 0.4) is 0 Å². The molecular weight excluding hydrogens is 225 g/mol. The Balaban J connectivity index is 2.23. The van der Waals surface area contributed by atoms with E-state index in [2.05, 4.69) is 19.1 Å². The van der Waals surface area contributed by atoms with E-state index in [1.165, 1.54) is 17.2 Å². The van der Waals surface area contributed by atoms with Crippen molar-refractivity contribution in [3.8, 4) is 0 Å². The van der Waals surface area contributed by atoms with E-state index in [1.54, 1.807) is 12.1 Å². The van der Waals surface area contributed by atoms with E-state index in [1.807, 2.05) is 18.2 Å². The lowest BCUT2D eigenvalue weighted by Crippen LogP contribution is -2.16. The van der Waals surface area contributed by atoms with Crippen molar-refractivity contribution in [1.29, 1.82) is 0 Å². The molecule has 2 rings (SSSR count). The molecule has 2 N–H and O–H groups in total. The summed E-state index contributed by atoms with van der Waals surface area (Å²) < 4.78 is 13.2. The number of benzene rings is 2. The van der Waals surface area contributed by atoms with Gasteiger partial charge in [-0.3, -0.25) is 0 Å². The fourth-order valence-corrected chi connectivity index (χ4v) is 2.31. The maximum absolute atomic E-state index is 13.2. The molecule has 0 bridgehead atoms. The molecule has 0 aromatic heterocycles. The highest BCUT2D eigenvalue weighted by Crippen LogP contribution is 2.23. The second-order valence-corrected chi connectivity index (χ2v) is 4.62. The minimum absolute atomic E-state index is 0.187. The molecule has 0 radical (unpaired) electrons. The van der Waals surface area contributed by atoms with Crippen LogP contribution in [0.5, 0.6) is 0 Å². The third-order valence-electron chi connectivity index (χ3n) is 3.28. The molecule has 0 aliphatic carbocycles. The van der Waals surface area contributed by atoms with Gasteiger partial charge in [-0.25, -0.2) is 4.39 Å². The third kappa shape index (κ3) is 2.96. The van der Waals surface area contributed by atoms with Crippen LogP contribution in [0.25, 0.3) is 0 Å². The van der Waals surface area contributed by atoms with E-state index >= 15 is 0 Å². The summed E-state index contributed by atoms with van der Waals surface area (Å²) in [5.74, 6) is 0.0565. The maximum Gasteiger partial charge on any atom is 0.123 e. The molecule has 0 amide bonds. The first kappa shape index (κ1) is 12.8. The fraction of sp³-hybridized carbons (Fsp3) is 0.250. The van der Waals surface area contributed by atoms with Crippen molar-refractivity contribution < 1.29 is 4.39 Å². The quantitative estimate of drug-likeness (QED) is 0.874. The highest BCUT2D eigenvalue weighted by molar-refractivity contribution is 5.31. The zero-order valence-electron chi connectivity index (χ0n) is 10.6. The van der Waals surface area contributed by atoms with Crippen molar-refractivity contribution in [2.24, 2.45) is 5.73 Å². The summed E-state index contributed by atoms with van der Waals surface area (Å²) >= 11 is 0. The molecule has 0 aliphatic heterocycles. The Labute approximate surface area is 107 Å². The van der Waals surface area contributed by atoms with Gasteiger partial charge >= 0.3 is 0 Å². The van der Waals surface area contributed by atoms with Gasteiger partial charge in [0.15, 0.2) is 0 Å². The summed E-state index contributed by atoms with van der Waals surface area (Å²) in [5.41, 5.74) is 9.35. The lowest BCUT2D eigenvalue weighted by atomic mass is 9.89. The molecule has 1 unspecified atom stereocenters. The van der Waals surface area contributed by atoms with Gasteiger partial charge < -0.3 is 5.73 Å². The molecule has 0 spiro atoms. The van der Waals surface area contributed by atoms with Gasteiger partial charge in [0.05, 0.1) is 0 Å². The number of hydrogen-bond donors (Lipinski definition) is 1. The van der Waals surface area contributed by atoms with Gasteiger partial charge in [-0.15, -0.1) is 0 Å². The molecule has 0 saturated heterocycles. The molecule has 0 heterocycles. The van der Waals surface area contributed by atoms with Gasteiger partial charge in [-0.2, -0.15) is 0 Å². The molecule has 2 aromatic rings. The average molecular weight is 243 g/mol. The Kier molecular flexibility index (Phi) is 4.11. The Morgan fingerprint density at radius 2 is 1.89 bits per heavy atom. The van der Waals surface area contributed by atoms with E-state index in [-0.39, 0.29) is 11.7 Å². The van der Waals surface area contributed by atoms with Crippen LogP contribution in [0.15, 0.2) is 48.5 Å². The summed E-state index contributed by atoms with van der Waals surface area (Å²) in [7, 11) is 0. The predicted octanol–water partition coefficient (Wildman–Crippen LogP) is 3.42. The van der Waals surface area contributed by atoms with Crippen LogP contribution in [-0.2, 0) is 6.42 Å². The predicted molar refractivity (Wildman–Crippen MR) is 73.1 cm³/mol. The highest BCUT2D eigenvalue weighted by Gasteiger charge is 2.12. The largest absolute Gasteiger partial charge is 0.330 e. The summed E-state index contributed by atoms with van der Waals surface area (Å²) in [4.78, 5) is 0. The van der Waals surface area contributed by atoms with E-state index in [9.17, 15) is 4.39 Å². The Hall–Kier alpha value is -1.67. The van der Waals surface area contributed by atoms with Gasteiger partial charge in [-0.1, -0.05) is 36.4 Å². The first-order chi connectivity index (χ1) is 8.70. The van der Waals surface area contributed by atoms with Crippen LogP contribution in [0, 0.1) is 12.7 Å². The van der Waals surface area contributed by atoms with E-state index in [0.29, 0.717) is 6.54 Å². The third-order valence-corrected chi connectivity index (χ3v) is 3.28. The highest BCUT2D eigenvalue weighted by atomic mass is 19.1. The smallest absolute Gasteiger partial charge is 0.123 e. The topological polar surface area (TPSA) is 26.0 Å². The van der Waals surface area contributed by atoms with Crippen molar-refractivity contribution in [1.82, 2.24) is 0 Å². The summed E-state index contributed by atoms with van der Waals surface area (Å²) in [6, 6.07) is 15.0. The second-order valence-electron chi connectivity index (χ2n) is 4.62. The molecule has 18 heavy (non-hydrogen) atoms. The molecule has 1 nitrogen and oxygen atoms in total.